The Balaban J connectivity index is 2.99. The van der Waals surface area contributed by atoms with Crippen LogP contribution in [0, 0.1) is 5.92 Å². The van der Waals surface area contributed by atoms with Gasteiger partial charge in [0.05, 0.1) is 17.8 Å². The van der Waals surface area contributed by atoms with E-state index in [-0.39, 0.29) is 24.8 Å². The SMILES string of the molecule is CCCC(C)C(=O)N(CCC(=O)O)c1ccccc1N. The highest BCUT2D eigenvalue weighted by Gasteiger charge is 2.23. The maximum Gasteiger partial charge on any atom is 0.305 e. The molecule has 20 heavy (non-hydrogen) atoms. The monoisotopic (exact) mass is 278 g/mol. The summed E-state index contributed by atoms with van der Waals surface area (Å²) in [5.74, 6) is -1.15. The smallest absolute Gasteiger partial charge is 0.305 e. The molecule has 1 aromatic carbocycles. The molecule has 0 spiro atoms. The average molecular weight is 278 g/mol. The third-order valence-corrected chi connectivity index (χ3v) is 3.19. The molecule has 0 aliphatic heterocycles. The highest BCUT2D eigenvalue weighted by molar-refractivity contribution is 5.97. The normalized spacial score (nSPS) is 11.9. The van der Waals surface area contributed by atoms with Gasteiger partial charge in [-0.05, 0) is 18.6 Å². The Bertz CT molecular complexity index is 474. The van der Waals surface area contributed by atoms with Gasteiger partial charge in [0.25, 0.3) is 0 Å². The molecule has 1 amide bonds. The van der Waals surface area contributed by atoms with E-state index in [1.54, 1.807) is 24.3 Å². The Morgan fingerprint density at radius 3 is 2.55 bits per heavy atom. The molecule has 0 saturated carbocycles. The number of carbonyl (C=O) groups is 2. The summed E-state index contributed by atoms with van der Waals surface area (Å²) in [6, 6.07) is 7.03. The summed E-state index contributed by atoms with van der Waals surface area (Å²) < 4.78 is 0. The van der Waals surface area contributed by atoms with Gasteiger partial charge in [0, 0.05) is 12.5 Å². The van der Waals surface area contributed by atoms with Crippen molar-refractivity contribution in [1.82, 2.24) is 0 Å². The lowest BCUT2D eigenvalue weighted by atomic mass is 10.0. The highest BCUT2D eigenvalue weighted by Crippen LogP contribution is 2.25. The summed E-state index contributed by atoms with van der Waals surface area (Å²) in [6.07, 6.45) is 1.58. The molecule has 110 valence electrons. The summed E-state index contributed by atoms with van der Waals surface area (Å²) in [5, 5.41) is 8.83. The van der Waals surface area contributed by atoms with E-state index in [0.29, 0.717) is 11.4 Å². The Hall–Kier alpha value is -2.04. The second kappa shape index (κ2) is 7.53. The Morgan fingerprint density at radius 1 is 1.35 bits per heavy atom. The third kappa shape index (κ3) is 4.26. The Kier molecular flexibility index (Phi) is 6.03. The van der Waals surface area contributed by atoms with Crippen molar-refractivity contribution < 1.29 is 14.7 Å². The molecule has 0 aliphatic rings. The fraction of sp³-hybridized carbons (Fsp3) is 0.467. The van der Waals surface area contributed by atoms with Gasteiger partial charge in [-0.3, -0.25) is 9.59 Å². The molecule has 0 heterocycles. The summed E-state index contributed by atoms with van der Waals surface area (Å²) in [5.41, 5.74) is 6.96. The van der Waals surface area contributed by atoms with E-state index in [0.717, 1.165) is 12.8 Å². The van der Waals surface area contributed by atoms with Gasteiger partial charge in [-0.2, -0.15) is 0 Å². The zero-order chi connectivity index (χ0) is 15.1. The van der Waals surface area contributed by atoms with Crippen LogP contribution in [0.5, 0.6) is 0 Å². The first-order chi connectivity index (χ1) is 9.47. The maximum atomic E-state index is 12.5. The number of amides is 1. The van der Waals surface area contributed by atoms with Crippen LogP contribution in [-0.4, -0.2) is 23.5 Å². The Morgan fingerprint density at radius 2 is 2.00 bits per heavy atom. The molecular weight excluding hydrogens is 256 g/mol. The van der Waals surface area contributed by atoms with Crippen LogP contribution in [-0.2, 0) is 9.59 Å². The number of hydrogen-bond acceptors (Lipinski definition) is 3. The van der Waals surface area contributed by atoms with Gasteiger partial charge in [-0.15, -0.1) is 0 Å². The quantitative estimate of drug-likeness (QED) is 0.751. The molecule has 3 N–H and O–H groups in total. The van der Waals surface area contributed by atoms with E-state index in [2.05, 4.69) is 0 Å². The van der Waals surface area contributed by atoms with E-state index < -0.39 is 5.97 Å². The minimum Gasteiger partial charge on any atom is -0.481 e. The molecule has 0 radical (unpaired) electrons. The number of aliphatic carboxylic acids is 1. The van der Waals surface area contributed by atoms with Crippen LogP contribution < -0.4 is 10.6 Å². The summed E-state index contributed by atoms with van der Waals surface area (Å²) in [7, 11) is 0. The van der Waals surface area contributed by atoms with Gasteiger partial charge in [-0.1, -0.05) is 32.4 Å². The van der Waals surface area contributed by atoms with Gasteiger partial charge in [0.15, 0.2) is 0 Å². The topological polar surface area (TPSA) is 83.6 Å². The first-order valence-electron chi connectivity index (χ1n) is 6.85. The number of rotatable bonds is 7. The van der Waals surface area contributed by atoms with Crippen LogP contribution >= 0.6 is 0 Å². The summed E-state index contributed by atoms with van der Waals surface area (Å²) in [4.78, 5) is 24.7. The molecule has 1 unspecified atom stereocenters. The van der Waals surface area contributed by atoms with E-state index in [9.17, 15) is 9.59 Å². The van der Waals surface area contributed by atoms with Crippen LogP contribution in [0.15, 0.2) is 24.3 Å². The van der Waals surface area contributed by atoms with Crippen molar-refractivity contribution in [2.24, 2.45) is 5.92 Å². The predicted octanol–water partition coefficient (Wildman–Crippen LogP) is 2.51. The molecule has 1 atom stereocenters. The number of nitrogens with zero attached hydrogens (tertiary/aromatic N) is 1. The lowest BCUT2D eigenvalue weighted by Gasteiger charge is -2.26. The van der Waals surface area contributed by atoms with Gasteiger partial charge in [0.1, 0.15) is 0 Å². The summed E-state index contributed by atoms with van der Waals surface area (Å²) in [6.45, 7) is 4.01. The first kappa shape index (κ1) is 16.0. The molecule has 0 aromatic heterocycles. The maximum absolute atomic E-state index is 12.5. The summed E-state index contributed by atoms with van der Waals surface area (Å²) >= 11 is 0. The zero-order valence-corrected chi connectivity index (χ0v) is 12.0. The fourth-order valence-corrected chi connectivity index (χ4v) is 2.11. The van der Waals surface area contributed by atoms with E-state index in [1.165, 1.54) is 4.90 Å². The average Bonchev–Trinajstić information content (AvgIpc) is 2.40. The minimum absolute atomic E-state index is 0.0778. The molecule has 5 nitrogen and oxygen atoms in total. The second-order valence-corrected chi connectivity index (χ2v) is 4.88. The molecule has 0 fully saturated rings. The molecule has 0 aliphatic carbocycles. The second-order valence-electron chi connectivity index (χ2n) is 4.88. The number of carbonyl (C=O) groups excluding carboxylic acids is 1. The lowest BCUT2D eigenvalue weighted by molar-refractivity contribution is -0.136. The number of anilines is 2. The van der Waals surface area contributed by atoms with Crippen LogP contribution in [0.2, 0.25) is 0 Å². The van der Waals surface area contributed by atoms with Gasteiger partial charge in [0.2, 0.25) is 5.91 Å². The minimum atomic E-state index is -0.930. The van der Waals surface area contributed by atoms with Gasteiger partial charge >= 0.3 is 5.97 Å². The number of hydrogen-bond donors (Lipinski definition) is 2. The number of para-hydroxylation sites is 2. The van der Waals surface area contributed by atoms with E-state index in [1.807, 2.05) is 13.8 Å². The van der Waals surface area contributed by atoms with Crippen LogP contribution in [0.3, 0.4) is 0 Å². The van der Waals surface area contributed by atoms with Gasteiger partial charge in [-0.25, -0.2) is 0 Å². The number of benzene rings is 1. The van der Waals surface area contributed by atoms with Crippen LogP contribution in [0.1, 0.15) is 33.1 Å². The van der Waals surface area contributed by atoms with E-state index in [4.69, 9.17) is 10.8 Å². The first-order valence-corrected chi connectivity index (χ1v) is 6.85. The van der Waals surface area contributed by atoms with Crippen molar-refractivity contribution in [3.63, 3.8) is 0 Å². The fourth-order valence-electron chi connectivity index (χ4n) is 2.11. The van der Waals surface area contributed by atoms with Crippen molar-refractivity contribution in [3.8, 4) is 0 Å². The van der Waals surface area contributed by atoms with Crippen LogP contribution in [0.4, 0.5) is 11.4 Å². The molecule has 5 heteroatoms. The number of nitrogens with two attached hydrogens (primary N) is 1. The molecule has 0 saturated heterocycles. The lowest BCUT2D eigenvalue weighted by Crippen LogP contribution is -2.37. The predicted molar refractivity (Wildman–Crippen MR) is 79.5 cm³/mol. The molecule has 1 aromatic rings. The standard InChI is InChI=1S/C15H22N2O3/c1-3-6-11(2)15(20)17(10-9-14(18)19)13-8-5-4-7-12(13)16/h4-5,7-8,11H,3,6,9-10,16H2,1-2H3,(H,18,19). The Labute approximate surface area is 119 Å². The third-order valence-electron chi connectivity index (χ3n) is 3.19. The molecule has 1 rings (SSSR count). The van der Waals surface area contributed by atoms with Crippen LogP contribution in [0.25, 0.3) is 0 Å². The molecular formula is C15H22N2O3. The van der Waals surface area contributed by atoms with Gasteiger partial charge < -0.3 is 15.7 Å². The van der Waals surface area contributed by atoms with Crippen molar-refractivity contribution in [3.05, 3.63) is 24.3 Å². The van der Waals surface area contributed by atoms with E-state index >= 15 is 0 Å². The highest BCUT2D eigenvalue weighted by atomic mass is 16.4. The van der Waals surface area contributed by atoms with Crippen molar-refractivity contribution in [2.75, 3.05) is 17.2 Å². The van der Waals surface area contributed by atoms with Crippen molar-refractivity contribution >= 4 is 23.3 Å². The largest absolute Gasteiger partial charge is 0.481 e. The molecule has 0 bridgehead atoms. The number of carboxylic acid groups (broad SMARTS) is 1. The number of nitrogen functional groups attached to an aromatic ring is 1. The zero-order valence-electron chi connectivity index (χ0n) is 12.0. The van der Waals surface area contributed by atoms with Crippen molar-refractivity contribution in [1.29, 1.82) is 0 Å². The van der Waals surface area contributed by atoms with Crippen molar-refractivity contribution in [2.45, 2.75) is 33.1 Å². The number of carboxylic acids is 1.